The van der Waals surface area contributed by atoms with Crippen molar-refractivity contribution in [3.63, 3.8) is 0 Å². The van der Waals surface area contributed by atoms with E-state index >= 15 is 0 Å². The SMILES string of the molecule is CC(C(=O)N1CCCC1)N1CCN(Cc2csc3ccccc23)CC1. The number of hydrogen-bond donors (Lipinski definition) is 0. The van der Waals surface area contributed by atoms with Gasteiger partial charge in [0.25, 0.3) is 0 Å². The topological polar surface area (TPSA) is 26.8 Å². The first-order valence-corrected chi connectivity index (χ1v) is 10.3. The highest BCUT2D eigenvalue weighted by Gasteiger charge is 2.29. The molecule has 2 fully saturated rings. The Morgan fingerprint density at radius 3 is 2.56 bits per heavy atom. The predicted octanol–water partition coefficient (Wildman–Crippen LogP) is 3.03. The van der Waals surface area contributed by atoms with Crippen molar-refractivity contribution in [3.8, 4) is 0 Å². The monoisotopic (exact) mass is 357 g/mol. The molecular formula is C20H27N3OS. The van der Waals surface area contributed by atoms with Crippen LogP contribution >= 0.6 is 11.3 Å². The maximum atomic E-state index is 12.6. The van der Waals surface area contributed by atoms with Gasteiger partial charge < -0.3 is 4.90 Å². The molecule has 1 aromatic carbocycles. The van der Waals surface area contributed by atoms with E-state index in [1.54, 1.807) is 0 Å². The molecule has 0 radical (unpaired) electrons. The number of piperazine rings is 1. The molecule has 0 N–H and O–H groups in total. The second kappa shape index (κ2) is 7.44. The van der Waals surface area contributed by atoms with Gasteiger partial charge in [-0.2, -0.15) is 0 Å². The van der Waals surface area contributed by atoms with Crippen molar-refractivity contribution in [1.29, 1.82) is 0 Å². The van der Waals surface area contributed by atoms with Gasteiger partial charge in [-0.3, -0.25) is 14.6 Å². The van der Waals surface area contributed by atoms with Gasteiger partial charge in [0, 0.05) is 50.5 Å². The zero-order chi connectivity index (χ0) is 17.2. The maximum absolute atomic E-state index is 12.6. The van der Waals surface area contributed by atoms with Crippen molar-refractivity contribution in [3.05, 3.63) is 35.2 Å². The summed E-state index contributed by atoms with van der Waals surface area (Å²) in [6, 6.07) is 8.70. The number of amides is 1. The number of fused-ring (bicyclic) bond motifs is 1. The van der Waals surface area contributed by atoms with Gasteiger partial charge in [-0.05, 0) is 42.2 Å². The highest BCUT2D eigenvalue weighted by atomic mass is 32.1. The Balaban J connectivity index is 1.33. The average molecular weight is 358 g/mol. The van der Waals surface area contributed by atoms with E-state index in [4.69, 9.17) is 0 Å². The van der Waals surface area contributed by atoms with Crippen LogP contribution in [0.25, 0.3) is 10.1 Å². The third kappa shape index (κ3) is 3.59. The zero-order valence-electron chi connectivity index (χ0n) is 15.0. The summed E-state index contributed by atoms with van der Waals surface area (Å²) < 4.78 is 1.38. The number of benzene rings is 1. The molecule has 4 nitrogen and oxygen atoms in total. The summed E-state index contributed by atoms with van der Waals surface area (Å²) in [6.07, 6.45) is 2.33. The fourth-order valence-electron chi connectivity index (χ4n) is 4.06. The number of carbonyl (C=O) groups is 1. The summed E-state index contributed by atoms with van der Waals surface area (Å²) in [7, 11) is 0. The molecule has 5 heteroatoms. The highest BCUT2D eigenvalue weighted by molar-refractivity contribution is 7.17. The third-order valence-electron chi connectivity index (χ3n) is 5.68. The van der Waals surface area contributed by atoms with Crippen LogP contribution in [0.1, 0.15) is 25.3 Å². The van der Waals surface area contributed by atoms with Crippen molar-refractivity contribution in [2.75, 3.05) is 39.3 Å². The Hall–Kier alpha value is -1.43. The minimum absolute atomic E-state index is 0.0298. The van der Waals surface area contributed by atoms with E-state index in [1.807, 2.05) is 11.3 Å². The molecule has 3 heterocycles. The molecule has 2 saturated heterocycles. The fraction of sp³-hybridized carbons (Fsp3) is 0.550. The highest BCUT2D eigenvalue weighted by Crippen LogP contribution is 2.27. The first-order chi connectivity index (χ1) is 12.2. The molecule has 1 unspecified atom stereocenters. The summed E-state index contributed by atoms with van der Waals surface area (Å²) in [6.45, 7) is 9.08. The van der Waals surface area contributed by atoms with E-state index in [9.17, 15) is 4.79 Å². The lowest BCUT2D eigenvalue weighted by Gasteiger charge is -2.38. The molecule has 134 valence electrons. The Morgan fingerprint density at radius 2 is 1.80 bits per heavy atom. The van der Waals surface area contributed by atoms with E-state index in [-0.39, 0.29) is 6.04 Å². The van der Waals surface area contributed by atoms with E-state index in [0.29, 0.717) is 5.91 Å². The van der Waals surface area contributed by atoms with Gasteiger partial charge >= 0.3 is 0 Å². The Kier molecular flexibility index (Phi) is 5.06. The summed E-state index contributed by atoms with van der Waals surface area (Å²) in [5.74, 6) is 0.328. The fourth-order valence-corrected chi connectivity index (χ4v) is 5.02. The largest absolute Gasteiger partial charge is 0.341 e. The Morgan fingerprint density at radius 1 is 1.08 bits per heavy atom. The maximum Gasteiger partial charge on any atom is 0.239 e. The summed E-state index contributed by atoms with van der Waals surface area (Å²) in [4.78, 5) is 19.5. The van der Waals surface area contributed by atoms with Crippen LogP contribution in [0.5, 0.6) is 0 Å². The first kappa shape index (κ1) is 17.0. The van der Waals surface area contributed by atoms with Crippen molar-refractivity contribution in [1.82, 2.24) is 14.7 Å². The van der Waals surface area contributed by atoms with Gasteiger partial charge in [-0.25, -0.2) is 0 Å². The van der Waals surface area contributed by atoms with Crippen LogP contribution in [0.15, 0.2) is 29.6 Å². The first-order valence-electron chi connectivity index (χ1n) is 9.42. The van der Waals surface area contributed by atoms with Crippen LogP contribution in [0.2, 0.25) is 0 Å². The van der Waals surface area contributed by atoms with Crippen molar-refractivity contribution < 1.29 is 4.79 Å². The van der Waals surface area contributed by atoms with Crippen LogP contribution in [0, 0.1) is 0 Å². The average Bonchev–Trinajstić information content (AvgIpc) is 3.32. The van der Waals surface area contributed by atoms with Gasteiger partial charge in [-0.1, -0.05) is 18.2 Å². The molecule has 0 saturated carbocycles. The number of rotatable bonds is 4. The van der Waals surface area contributed by atoms with Crippen LogP contribution < -0.4 is 0 Å². The summed E-state index contributed by atoms with van der Waals surface area (Å²) in [5, 5.41) is 3.70. The standard InChI is InChI=1S/C20H27N3OS/c1-16(20(24)23-8-4-5-9-23)22-12-10-21(11-13-22)14-17-15-25-19-7-3-2-6-18(17)19/h2-3,6-7,15-16H,4-5,8-14H2,1H3. The predicted molar refractivity (Wildman–Crippen MR) is 104 cm³/mol. The lowest BCUT2D eigenvalue weighted by Crippen LogP contribution is -2.54. The van der Waals surface area contributed by atoms with Crippen LogP contribution in [-0.2, 0) is 11.3 Å². The molecule has 2 aromatic rings. The lowest BCUT2D eigenvalue weighted by atomic mass is 10.1. The van der Waals surface area contributed by atoms with Crippen LogP contribution in [-0.4, -0.2) is 65.9 Å². The second-order valence-corrected chi connectivity index (χ2v) is 8.19. The Labute approximate surface area is 154 Å². The lowest BCUT2D eigenvalue weighted by molar-refractivity contribution is -0.136. The summed E-state index contributed by atoms with van der Waals surface area (Å²) in [5.41, 5.74) is 1.44. The number of likely N-dealkylation sites (tertiary alicyclic amines) is 1. The molecular weight excluding hydrogens is 330 g/mol. The number of carbonyl (C=O) groups excluding carboxylic acids is 1. The molecule has 4 rings (SSSR count). The van der Waals surface area contributed by atoms with Gasteiger partial charge in [-0.15, -0.1) is 11.3 Å². The zero-order valence-corrected chi connectivity index (χ0v) is 15.8. The molecule has 1 aromatic heterocycles. The summed E-state index contributed by atoms with van der Waals surface area (Å²) >= 11 is 1.84. The van der Waals surface area contributed by atoms with Crippen LogP contribution in [0.4, 0.5) is 0 Å². The molecule has 2 aliphatic rings. The second-order valence-electron chi connectivity index (χ2n) is 7.28. The molecule has 1 amide bonds. The smallest absolute Gasteiger partial charge is 0.239 e. The minimum atomic E-state index is 0.0298. The normalized spacial score (nSPS) is 21.1. The van der Waals surface area contributed by atoms with Crippen molar-refractivity contribution >= 4 is 27.3 Å². The van der Waals surface area contributed by atoms with E-state index in [1.165, 1.54) is 28.5 Å². The van der Waals surface area contributed by atoms with Crippen molar-refractivity contribution in [2.24, 2.45) is 0 Å². The third-order valence-corrected chi connectivity index (χ3v) is 6.70. The quantitative estimate of drug-likeness (QED) is 0.841. The minimum Gasteiger partial charge on any atom is -0.341 e. The molecule has 1 atom stereocenters. The molecule has 25 heavy (non-hydrogen) atoms. The van der Waals surface area contributed by atoms with Gasteiger partial charge in [0.15, 0.2) is 0 Å². The molecule has 2 aliphatic heterocycles. The van der Waals surface area contributed by atoms with E-state index in [2.05, 4.69) is 51.3 Å². The molecule has 0 spiro atoms. The molecule has 0 aliphatic carbocycles. The van der Waals surface area contributed by atoms with E-state index < -0.39 is 0 Å². The van der Waals surface area contributed by atoms with Crippen molar-refractivity contribution in [2.45, 2.75) is 32.4 Å². The Bertz CT molecular complexity index is 729. The van der Waals surface area contributed by atoms with Gasteiger partial charge in [0.05, 0.1) is 6.04 Å². The number of hydrogen-bond acceptors (Lipinski definition) is 4. The molecule has 0 bridgehead atoms. The number of thiophene rings is 1. The van der Waals surface area contributed by atoms with Gasteiger partial charge in [0.2, 0.25) is 5.91 Å². The van der Waals surface area contributed by atoms with E-state index in [0.717, 1.165) is 45.8 Å². The van der Waals surface area contributed by atoms with Crippen LogP contribution in [0.3, 0.4) is 0 Å². The van der Waals surface area contributed by atoms with Gasteiger partial charge in [0.1, 0.15) is 0 Å². The number of nitrogens with zero attached hydrogens (tertiary/aromatic N) is 3.